The Bertz CT molecular complexity index is 1710. The lowest BCUT2D eigenvalue weighted by Gasteiger charge is -2.23. The van der Waals surface area contributed by atoms with E-state index in [0.29, 0.717) is 28.8 Å². The SMILES string of the molecule is CC1CCCN1c1cccc(Nc2c(-c3cccc(C(=O)Nc4ccc(C(=O)O)cc4)c3)cnn3ccnc23)n1. The summed E-state index contributed by atoms with van der Waals surface area (Å²) in [7, 11) is 0. The molecule has 4 heterocycles. The number of carboxylic acids is 1. The summed E-state index contributed by atoms with van der Waals surface area (Å²) in [6.07, 6.45) is 7.51. The van der Waals surface area contributed by atoms with Crippen molar-refractivity contribution in [2.45, 2.75) is 25.8 Å². The molecule has 6 rings (SSSR count). The Hall–Kier alpha value is -5.25. The molecule has 200 valence electrons. The van der Waals surface area contributed by atoms with E-state index in [-0.39, 0.29) is 11.5 Å². The Balaban J connectivity index is 1.32. The molecule has 0 radical (unpaired) electrons. The number of benzene rings is 2. The summed E-state index contributed by atoms with van der Waals surface area (Å²) in [5.74, 6) is 0.279. The van der Waals surface area contributed by atoms with E-state index in [0.717, 1.165) is 42.0 Å². The second-order valence-corrected chi connectivity index (χ2v) is 9.74. The van der Waals surface area contributed by atoms with Crippen LogP contribution in [0.5, 0.6) is 0 Å². The zero-order valence-corrected chi connectivity index (χ0v) is 21.8. The summed E-state index contributed by atoms with van der Waals surface area (Å²) in [6.45, 7) is 3.21. The van der Waals surface area contributed by atoms with Gasteiger partial charge in [-0.2, -0.15) is 5.10 Å². The third kappa shape index (κ3) is 4.94. The van der Waals surface area contributed by atoms with Crippen molar-refractivity contribution in [2.24, 2.45) is 0 Å². The number of aromatic carboxylic acids is 1. The molecule has 10 heteroatoms. The van der Waals surface area contributed by atoms with E-state index in [9.17, 15) is 9.59 Å². The Morgan fingerprint density at radius 1 is 1.02 bits per heavy atom. The number of nitrogens with one attached hydrogen (secondary N) is 2. The first-order chi connectivity index (χ1) is 19.5. The number of rotatable bonds is 7. The largest absolute Gasteiger partial charge is 0.478 e. The normalized spacial score (nSPS) is 14.8. The van der Waals surface area contributed by atoms with Crippen LogP contribution in [0.4, 0.5) is 23.0 Å². The zero-order chi connectivity index (χ0) is 27.6. The summed E-state index contributed by atoms with van der Waals surface area (Å²) in [6, 6.07) is 19.7. The minimum Gasteiger partial charge on any atom is -0.478 e. The number of anilines is 4. The number of amides is 1. The highest BCUT2D eigenvalue weighted by Gasteiger charge is 2.22. The van der Waals surface area contributed by atoms with Gasteiger partial charge in [-0.25, -0.2) is 19.3 Å². The van der Waals surface area contributed by atoms with Crippen LogP contribution in [0.2, 0.25) is 0 Å². The summed E-state index contributed by atoms with van der Waals surface area (Å²) >= 11 is 0. The van der Waals surface area contributed by atoms with E-state index in [1.807, 2.05) is 30.3 Å². The van der Waals surface area contributed by atoms with Crippen molar-refractivity contribution in [3.05, 3.63) is 96.4 Å². The monoisotopic (exact) mass is 533 g/mol. The fraction of sp³-hybridized carbons (Fsp3) is 0.167. The van der Waals surface area contributed by atoms with Crippen LogP contribution in [-0.2, 0) is 0 Å². The molecule has 0 spiro atoms. The predicted molar refractivity (Wildman–Crippen MR) is 153 cm³/mol. The lowest BCUT2D eigenvalue weighted by atomic mass is 10.0. The summed E-state index contributed by atoms with van der Waals surface area (Å²) in [5, 5.41) is 19.9. The van der Waals surface area contributed by atoms with Crippen molar-refractivity contribution >= 4 is 40.5 Å². The molecule has 2 aromatic carbocycles. The van der Waals surface area contributed by atoms with E-state index >= 15 is 0 Å². The number of hydrogen-bond acceptors (Lipinski definition) is 7. The quantitative estimate of drug-likeness (QED) is 0.251. The maximum absolute atomic E-state index is 13.1. The van der Waals surface area contributed by atoms with Crippen molar-refractivity contribution in [2.75, 3.05) is 22.1 Å². The molecule has 0 saturated carbocycles. The van der Waals surface area contributed by atoms with E-state index < -0.39 is 5.97 Å². The van der Waals surface area contributed by atoms with Crippen LogP contribution in [0.25, 0.3) is 16.8 Å². The van der Waals surface area contributed by atoms with Gasteiger partial charge in [0.05, 0.1) is 17.4 Å². The second kappa shape index (κ2) is 10.5. The number of nitrogens with zero attached hydrogens (tertiary/aromatic N) is 5. The maximum atomic E-state index is 13.1. The number of carbonyl (C=O) groups excluding carboxylic acids is 1. The molecule has 0 bridgehead atoms. The van der Waals surface area contributed by atoms with Gasteiger partial charge in [0.1, 0.15) is 11.6 Å². The van der Waals surface area contributed by atoms with Crippen LogP contribution in [0, 0.1) is 0 Å². The third-order valence-electron chi connectivity index (χ3n) is 7.09. The minimum absolute atomic E-state index is 0.150. The lowest BCUT2D eigenvalue weighted by Crippen LogP contribution is -2.27. The van der Waals surface area contributed by atoms with Crippen LogP contribution in [0.1, 0.15) is 40.5 Å². The molecular formula is C30H27N7O3. The van der Waals surface area contributed by atoms with E-state index in [4.69, 9.17) is 10.1 Å². The van der Waals surface area contributed by atoms with Gasteiger partial charge in [0.15, 0.2) is 5.65 Å². The number of aromatic nitrogens is 4. The fourth-order valence-electron chi connectivity index (χ4n) is 5.00. The molecular weight excluding hydrogens is 506 g/mol. The molecule has 1 amide bonds. The molecule has 1 aliphatic rings. The molecule has 1 aliphatic heterocycles. The maximum Gasteiger partial charge on any atom is 0.335 e. The first-order valence-electron chi connectivity index (χ1n) is 13.0. The van der Waals surface area contributed by atoms with Crippen molar-refractivity contribution < 1.29 is 14.7 Å². The van der Waals surface area contributed by atoms with Gasteiger partial charge in [-0.1, -0.05) is 18.2 Å². The van der Waals surface area contributed by atoms with Crippen molar-refractivity contribution in [1.82, 2.24) is 19.6 Å². The Kier molecular flexibility index (Phi) is 6.57. The van der Waals surface area contributed by atoms with Gasteiger partial charge < -0.3 is 20.6 Å². The molecule has 10 nitrogen and oxygen atoms in total. The zero-order valence-electron chi connectivity index (χ0n) is 21.8. The van der Waals surface area contributed by atoms with Crippen molar-refractivity contribution in [3.8, 4) is 11.1 Å². The standard InChI is InChI=1S/C30H27N7O3/c1-19-5-4-15-36(19)26-9-3-8-25(34-26)35-27-24(18-32-37-16-14-31-28(27)37)21-6-2-7-22(17-21)29(38)33-23-12-10-20(11-13-23)30(39)40/h2-3,6-14,16-19H,4-5,15H2,1H3,(H,33,38)(H,34,35)(H,39,40). The first-order valence-corrected chi connectivity index (χ1v) is 13.0. The fourth-order valence-corrected chi connectivity index (χ4v) is 5.00. The van der Waals surface area contributed by atoms with Gasteiger partial charge in [0, 0.05) is 41.8 Å². The van der Waals surface area contributed by atoms with E-state index in [1.54, 1.807) is 47.4 Å². The van der Waals surface area contributed by atoms with Crippen LogP contribution in [-0.4, -0.2) is 49.2 Å². The van der Waals surface area contributed by atoms with Crippen LogP contribution < -0.4 is 15.5 Å². The number of pyridine rings is 1. The first kappa shape index (κ1) is 25.1. The molecule has 1 fully saturated rings. The third-order valence-corrected chi connectivity index (χ3v) is 7.09. The molecule has 5 aromatic rings. The molecule has 40 heavy (non-hydrogen) atoms. The number of imidazole rings is 1. The topological polar surface area (TPSA) is 125 Å². The number of carboxylic acid groups (broad SMARTS) is 1. The molecule has 1 atom stereocenters. The Labute approximate surface area is 230 Å². The molecule has 3 N–H and O–H groups in total. The van der Waals surface area contributed by atoms with Crippen molar-refractivity contribution in [3.63, 3.8) is 0 Å². The number of hydrogen-bond donors (Lipinski definition) is 3. The highest BCUT2D eigenvalue weighted by atomic mass is 16.4. The van der Waals surface area contributed by atoms with Gasteiger partial charge in [-0.3, -0.25) is 4.79 Å². The van der Waals surface area contributed by atoms with Gasteiger partial charge in [0.25, 0.3) is 5.91 Å². The number of carbonyl (C=O) groups is 2. The summed E-state index contributed by atoms with van der Waals surface area (Å²) in [5.41, 5.74) is 3.99. The average Bonchev–Trinajstić information content (AvgIpc) is 3.63. The van der Waals surface area contributed by atoms with Gasteiger partial charge in [-0.05, 0) is 73.9 Å². The van der Waals surface area contributed by atoms with E-state index in [2.05, 4.69) is 32.5 Å². The molecule has 1 unspecified atom stereocenters. The Morgan fingerprint density at radius 3 is 2.62 bits per heavy atom. The van der Waals surface area contributed by atoms with Crippen molar-refractivity contribution in [1.29, 1.82) is 0 Å². The van der Waals surface area contributed by atoms with E-state index in [1.165, 1.54) is 12.1 Å². The highest BCUT2D eigenvalue weighted by Crippen LogP contribution is 2.34. The predicted octanol–water partition coefficient (Wildman–Crippen LogP) is 5.47. The molecule has 1 saturated heterocycles. The second-order valence-electron chi connectivity index (χ2n) is 9.74. The van der Waals surface area contributed by atoms with Gasteiger partial charge in [-0.15, -0.1) is 0 Å². The van der Waals surface area contributed by atoms with Gasteiger partial charge >= 0.3 is 5.97 Å². The number of fused-ring (bicyclic) bond motifs is 1. The molecule has 0 aliphatic carbocycles. The smallest absolute Gasteiger partial charge is 0.335 e. The van der Waals surface area contributed by atoms with Gasteiger partial charge in [0.2, 0.25) is 0 Å². The Morgan fingerprint density at radius 2 is 1.85 bits per heavy atom. The van der Waals surface area contributed by atoms with Crippen LogP contribution in [0.15, 0.2) is 85.3 Å². The summed E-state index contributed by atoms with van der Waals surface area (Å²) in [4.78, 5) is 35.9. The lowest BCUT2D eigenvalue weighted by molar-refractivity contribution is 0.0696. The van der Waals surface area contributed by atoms with Crippen LogP contribution >= 0.6 is 0 Å². The average molecular weight is 534 g/mol. The minimum atomic E-state index is -1.02. The summed E-state index contributed by atoms with van der Waals surface area (Å²) < 4.78 is 1.69. The molecule has 3 aromatic heterocycles. The highest BCUT2D eigenvalue weighted by molar-refractivity contribution is 6.05. The van der Waals surface area contributed by atoms with Crippen LogP contribution in [0.3, 0.4) is 0 Å².